The molecule has 10 heteroatoms. The van der Waals surface area contributed by atoms with Gasteiger partial charge in [-0.2, -0.15) is 4.98 Å². The molecule has 2 heterocycles. The Morgan fingerprint density at radius 1 is 1.19 bits per heavy atom. The summed E-state index contributed by atoms with van der Waals surface area (Å²) in [6.45, 7) is 3.51. The summed E-state index contributed by atoms with van der Waals surface area (Å²) >= 11 is 1.51. The summed E-state index contributed by atoms with van der Waals surface area (Å²) in [6.07, 6.45) is 1.34. The molecule has 0 bridgehead atoms. The molecule has 0 saturated carbocycles. The summed E-state index contributed by atoms with van der Waals surface area (Å²) in [7, 11) is 0. The molecule has 140 valence electrons. The number of fused-ring (bicyclic) bond motifs is 1. The van der Waals surface area contributed by atoms with Crippen molar-refractivity contribution in [3.05, 3.63) is 35.5 Å². The third kappa shape index (κ3) is 4.11. The number of hydrogen-bond acceptors (Lipinski definition) is 8. The molecule has 0 saturated heterocycles. The molecule has 0 spiro atoms. The second-order valence-electron chi connectivity index (χ2n) is 6.10. The van der Waals surface area contributed by atoms with Crippen LogP contribution in [0.5, 0.6) is 0 Å². The molecule has 3 rings (SSSR count). The molecule has 0 aliphatic carbocycles. The first-order valence-corrected chi connectivity index (χ1v) is 9.06. The number of hydrogen-bond donors (Lipinski definition) is 4. The standard InChI is InChI=1S/C17H19N7O2S/c1-8(14(18)25)9(2)22-17-20-6-11(15(19)26)16(24-17)23-10-3-4-12-13(5-10)27-7-21-12/h3-9H,1-2H3,(H2,18,25)(H2,19,26)(H2,20,22,23,24). The van der Waals surface area contributed by atoms with Crippen LogP contribution in [-0.2, 0) is 4.79 Å². The minimum Gasteiger partial charge on any atom is -0.369 e. The van der Waals surface area contributed by atoms with Crippen LogP contribution in [0.25, 0.3) is 10.2 Å². The van der Waals surface area contributed by atoms with Crippen molar-refractivity contribution in [2.45, 2.75) is 19.9 Å². The number of nitrogens with one attached hydrogen (secondary N) is 2. The van der Waals surface area contributed by atoms with Crippen molar-refractivity contribution in [2.75, 3.05) is 10.6 Å². The van der Waals surface area contributed by atoms with Crippen molar-refractivity contribution in [1.29, 1.82) is 0 Å². The van der Waals surface area contributed by atoms with Crippen molar-refractivity contribution in [3.63, 3.8) is 0 Å². The molecule has 3 aromatic rings. The van der Waals surface area contributed by atoms with Crippen LogP contribution in [0, 0.1) is 5.92 Å². The van der Waals surface area contributed by atoms with E-state index in [1.807, 2.05) is 18.2 Å². The highest BCUT2D eigenvalue weighted by atomic mass is 32.1. The van der Waals surface area contributed by atoms with Crippen LogP contribution < -0.4 is 22.1 Å². The van der Waals surface area contributed by atoms with E-state index < -0.39 is 17.7 Å². The van der Waals surface area contributed by atoms with Crippen LogP contribution in [-0.4, -0.2) is 32.8 Å². The van der Waals surface area contributed by atoms with Gasteiger partial charge in [-0.05, 0) is 25.1 Å². The average Bonchev–Trinajstić information content (AvgIpc) is 3.08. The van der Waals surface area contributed by atoms with Gasteiger partial charge in [0.1, 0.15) is 11.4 Å². The highest BCUT2D eigenvalue weighted by Gasteiger charge is 2.19. The molecule has 0 fully saturated rings. The second-order valence-corrected chi connectivity index (χ2v) is 6.99. The summed E-state index contributed by atoms with van der Waals surface area (Å²) in [5.41, 5.74) is 14.3. The Balaban J connectivity index is 1.89. The van der Waals surface area contributed by atoms with E-state index in [9.17, 15) is 9.59 Å². The average molecular weight is 385 g/mol. The molecule has 1 aromatic carbocycles. The lowest BCUT2D eigenvalue weighted by atomic mass is 10.0. The van der Waals surface area contributed by atoms with E-state index >= 15 is 0 Å². The number of rotatable bonds is 7. The molecular weight excluding hydrogens is 366 g/mol. The Morgan fingerprint density at radius 3 is 2.67 bits per heavy atom. The van der Waals surface area contributed by atoms with E-state index in [0.29, 0.717) is 0 Å². The topological polar surface area (TPSA) is 149 Å². The van der Waals surface area contributed by atoms with Gasteiger partial charge in [-0.25, -0.2) is 9.97 Å². The van der Waals surface area contributed by atoms with Gasteiger partial charge < -0.3 is 22.1 Å². The van der Waals surface area contributed by atoms with Gasteiger partial charge in [0.15, 0.2) is 0 Å². The largest absolute Gasteiger partial charge is 0.369 e. The lowest BCUT2D eigenvalue weighted by molar-refractivity contribution is -0.121. The Kier molecular flexibility index (Phi) is 5.17. The Labute approximate surface area is 159 Å². The van der Waals surface area contributed by atoms with Crippen molar-refractivity contribution in [3.8, 4) is 0 Å². The lowest BCUT2D eigenvalue weighted by Gasteiger charge is -2.19. The van der Waals surface area contributed by atoms with Crippen molar-refractivity contribution >= 4 is 50.8 Å². The number of carbonyl (C=O) groups is 2. The number of benzene rings is 1. The van der Waals surface area contributed by atoms with Gasteiger partial charge >= 0.3 is 0 Å². The maximum absolute atomic E-state index is 11.7. The number of aromatic nitrogens is 3. The second kappa shape index (κ2) is 7.54. The number of amides is 2. The summed E-state index contributed by atoms with van der Waals surface area (Å²) in [5.74, 6) is -0.985. The summed E-state index contributed by atoms with van der Waals surface area (Å²) in [4.78, 5) is 35.7. The number of nitrogens with zero attached hydrogens (tertiary/aromatic N) is 3. The molecule has 2 atom stereocenters. The molecule has 2 unspecified atom stereocenters. The lowest BCUT2D eigenvalue weighted by Crippen LogP contribution is -2.34. The molecule has 9 nitrogen and oxygen atoms in total. The smallest absolute Gasteiger partial charge is 0.254 e. The van der Waals surface area contributed by atoms with Crippen LogP contribution in [0.2, 0.25) is 0 Å². The first kappa shape index (κ1) is 18.5. The van der Waals surface area contributed by atoms with Crippen LogP contribution in [0.4, 0.5) is 17.5 Å². The predicted molar refractivity (Wildman–Crippen MR) is 105 cm³/mol. The predicted octanol–water partition coefficient (Wildman–Crippen LogP) is 1.85. The third-order valence-electron chi connectivity index (χ3n) is 4.20. The zero-order chi connectivity index (χ0) is 19.6. The zero-order valence-corrected chi connectivity index (χ0v) is 15.6. The molecule has 0 aliphatic heterocycles. The minimum atomic E-state index is -0.651. The summed E-state index contributed by atoms with van der Waals surface area (Å²) < 4.78 is 0.997. The van der Waals surface area contributed by atoms with Gasteiger partial charge in [-0.3, -0.25) is 9.59 Å². The van der Waals surface area contributed by atoms with Crippen LogP contribution in [0.15, 0.2) is 29.9 Å². The van der Waals surface area contributed by atoms with Crippen molar-refractivity contribution in [1.82, 2.24) is 15.0 Å². The zero-order valence-electron chi connectivity index (χ0n) is 14.8. The normalized spacial score (nSPS) is 13.1. The van der Waals surface area contributed by atoms with Crippen LogP contribution >= 0.6 is 11.3 Å². The Morgan fingerprint density at radius 2 is 1.96 bits per heavy atom. The maximum atomic E-state index is 11.7. The fourth-order valence-electron chi connectivity index (χ4n) is 2.37. The van der Waals surface area contributed by atoms with Gasteiger partial charge in [-0.1, -0.05) is 6.92 Å². The third-order valence-corrected chi connectivity index (χ3v) is 5.00. The SMILES string of the molecule is CC(Nc1ncc(C(N)=O)c(Nc2ccc3ncsc3c2)n1)C(C)C(N)=O. The monoisotopic (exact) mass is 385 g/mol. The fraction of sp³-hybridized carbons (Fsp3) is 0.235. The van der Waals surface area contributed by atoms with Gasteiger partial charge in [0, 0.05) is 17.9 Å². The van der Waals surface area contributed by atoms with E-state index in [1.165, 1.54) is 17.5 Å². The van der Waals surface area contributed by atoms with Crippen LogP contribution in [0.3, 0.4) is 0 Å². The molecule has 2 amide bonds. The molecule has 0 radical (unpaired) electrons. The molecule has 6 N–H and O–H groups in total. The van der Waals surface area contributed by atoms with E-state index in [2.05, 4.69) is 25.6 Å². The van der Waals surface area contributed by atoms with Crippen LogP contribution in [0.1, 0.15) is 24.2 Å². The maximum Gasteiger partial charge on any atom is 0.254 e. The van der Waals surface area contributed by atoms with E-state index in [0.717, 1.165) is 15.9 Å². The number of thiazole rings is 1. The number of primary amides is 2. The number of anilines is 3. The van der Waals surface area contributed by atoms with Gasteiger partial charge in [0.05, 0.1) is 21.6 Å². The molecule has 27 heavy (non-hydrogen) atoms. The number of carbonyl (C=O) groups excluding carboxylic acids is 2. The van der Waals surface area contributed by atoms with Crippen molar-refractivity contribution < 1.29 is 9.59 Å². The molecule has 0 aliphatic rings. The molecular formula is C17H19N7O2S. The Bertz CT molecular complexity index is 1000. The highest BCUT2D eigenvalue weighted by molar-refractivity contribution is 7.16. The van der Waals surface area contributed by atoms with Gasteiger partial charge in [0.2, 0.25) is 11.9 Å². The van der Waals surface area contributed by atoms with E-state index in [-0.39, 0.29) is 23.4 Å². The first-order chi connectivity index (χ1) is 12.8. The first-order valence-electron chi connectivity index (χ1n) is 8.18. The van der Waals surface area contributed by atoms with Gasteiger partial charge in [-0.15, -0.1) is 11.3 Å². The summed E-state index contributed by atoms with van der Waals surface area (Å²) in [5, 5.41) is 6.11. The van der Waals surface area contributed by atoms with E-state index in [4.69, 9.17) is 11.5 Å². The number of nitrogens with two attached hydrogens (primary N) is 2. The van der Waals surface area contributed by atoms with Gasteiger partial charge in [0.25, 0.3) is 5.91 Å². The molecule has 2 aromatic heterocycles. The highest BCUT2D eigenvalue weighted by Crippen LogP contribution is 2.25. The summed E-state index contributed by atoms with van der Waals surface area (Å²) in [6, 6.07) is 5.32. The van der Waals surface area contributed by atoms with Crippen molar-refractivity contribution in [2.24, 2.45) is 17.4 Å². The van der Waals surface area contributed by atoms with E-state index in [1.54, 1.807) is 19.4 Å². The minimum absolute atomic E-state index is 0.153. The Hall–Kier alpha value is -3.27. The quantitative estimate of drug-likeness (QED) is 0.485. The fourth-order valence-corrected chi connectivity index (χ4v) is 3.09.